The summed E-state index contributed by atoms with van der Waals surface area (Å²) in [6.45, 7) is -0.469. The van der Waals surface area contributed by atoms with Gasteiger partial charge in [-0.05, 0) is 6.07 Å². The number of anilines is 1. The highest BCUT2D eigenvalue weighted by molar-refractivity contribution is 5.35. The minimum atomic E-state index is -0.508. The molecule has 0 fully saturated rings. The lowest BCUT2D eigenvalue weighted by atomic mass is 10.4. The Kier molecular flexibility index (Phi) is 2.66. The largest absolute Gasteiger partial charge is 0.475 e. The van der Waals surface area contributed by atoms with Crippen LogP contribution in [-0.2, 0) is 0 Å². The van der Waals surface area contributed by atoms with E-state index in [2.05, 4.69) is 4.98 Å². The van der Waals surface area contributed by atoms with E-state index in [1.807, 2.05) is 0 Å². The molecule has 0 amide bonds. The zero-order valence-electron chi connectivity index (χ0n) is 5.96. The Morgan fingerprint density at radius 1 is 1.55 bits per heavy atom. The van der Waals surface area contributed by atoms with Crippen LogP contribution < -0.4 is 10.5 Å². The van der Waals surface area contributed by atoms with Gasteiger partial charge in [0.2, 0.25) is 5.88 Å². The van der Waals surface area contributed by atoms with E-state index < -0.39 is 6.67 Å². The number of pyridine rings is 1. The Morgan fingerprint density at radius 2 is 2.36 bits per heavy atom. The van der Waals surface area contributed by atoms with Crippen LogP contribution in [0.15, 0.2) is 18.3 Å². The van der Waals surface area contributed by atoms with Crippen molar-refractivity contribution >= 4 is 5.69 Å². The Hall–Kier alpha value is -1.32. The van der Waals surface area contributed by atoms with Gasteiger partial charge in [0.15, 0.2) is 0 Å². The maximum absolute atomic E-state index is 11.6. The fourth-order valence-corrected chi connectivity index (χ4v) is 0.620. The van der Waals surface area contributed by atoms with Gasteiger partial charge >= 0.3 is 0 Å². The molecule has 1 rings (SSSR count). The molecule has 11 heavy (non-hydrogen) atoms. The van der Waals surface area contributed by atoms with E-state index in [4.69, 9.17) is 10.5 Å². The van der Waals surface area contributed by atoms with Gasteiger partial charge in [-0.1, -0.05) is 0 Å². The number of alkyl halides is 1. The van der Waals surface area contributed by atoms with Crippen molar-refractivity contribution in [2.24, 2.45) is 0 Å². The molecule has 0 saturated carbocycles. The average Bonchev–Trinajstić information content (AvgIpc) is 2.04. The Bertz CT molecular complexity index is 212. The van der Waals surface area contributed by atoms with Gasteiger partial charge in [0, 0.05) is 6.07 Å². The number of halogens is 1. The maximum Gasteiger partial charge on any atom is 0.213 e. The zero-order valence-corrected chi connectivity index (χ0v) is 5.96. The van der Waals surface area contributed by atoms with Gasteiger partial charge in [-0.25, -0.2) is 9.37 Å². The molecular weight excluding hydrogens is 147 g/mol. The lowest BCUT2D eigenvalue weighted by Gasteiger charge is -2.00. The summed E-state index contributed by atoms with van der Waals surface area (Å²) in [4.78, 5) is 3.80. The standard InChI is InChI=1S/C7H9FN2O/c8-3-4-11-7-2-1-6(9)5-10-7/h1-2,5H,3-4,9H2. The molecular formula is C7H9FN2O. The molecule has 1 heterocycles. The molecule has 0 radical (unpaired) electrons. The smallest absolute Gasteiger partial charge is 0.213 e. The second-order valence-electron chi connectivity index (χ2n) is 1.97. The van der Waals surface area contributed by atoms with Crippen LogP contribution >= 0.6 is 0 Å². The number of hydrogen-bond acceptors (Lipinski definition) is 3. The van der Waals surface area contributed by atoms with Crippen molar-refractivity contribution in [3.8, 4) is 5.88 Å². The number of ether oxygens (including phenoxy) is 1. The van der Waals surface area contributed by atoms with Gasteiger partial charge in [-0.2, -0.15) is 0 Å². The predicted octanol–water partition coefficient (Wildman–Crippen LogP) is 1.01. The van der Waals surface area contributed by atoms with E-state index >= 15 is 0 Å². The lowest BCUT2D eigenvalue weighted by Crippen LogP contribution is -2.00. The fourth-order valence-electron chi connectivity index (χ4n) is 0.620. The van der Waals surface area contributed by atoms with Gasteiger partial charge in [0.05, 0.1) is 11.9 Å². The van der Waals surface area contributed by atoms with E-state index in [-0.39, 0.29) is 6.61 Å². The van der Waals surface area contributed by atoms with E-state index in [9.17, 15) is 4.39 Å². The van der Waals surface area contributed by atoms with E-state index in [1.54, 1.807) is 12.1 Å². The third kappa shape index (κ3) is 2.41. The molecule has 0 saturated heterocycles. The van der Waals surface area contributed by atoms with Gasteiger partial charge in [-0.15, -0.1) is 0 Å². The number of nitrogens with zero attached hydrogens (tertiary/aromatic N) is 1. The first kappa shape index (κ1) is 7.78. The quantitative estimate of drug-likeness (QED) is 0.710. The highest BCUT2D eigenvalue weighted by Crippen LogP contribution is 2.07. The second kappa shape index (κ2) is 3.75. The van der Waals surface area contributed by atoms with Crippen LogP contribution in [0.5, 0.6) is 5.88 Å². The van der Waals surface area contributed by atoms with Gasteiger partial charge in [0.25, 0.3) is 0 Å². The fraction of sp³-hybridized carbons (Fsp3) is 0.286. The topological polar surface area (TPSA) is 48.1 Å². The molecule has 1 aromatic heterocycles. The van der Waals surface area contributed by atoms with Crippen molar-refractivity contribution in [3.05, 3.63) is 18.3 Å². The number of nitrogens with two attached hydrogens (primary N) is 1. The number of rotatable bonds is 3. The van der Waals surface area contributed by atoms with Crippen LogP contribution in [0.4, 0.5) is 10.1 Å². The van der Waals surface area contributed by atoms with Crippen molar-refractivity contribution in [1.82, 2.24) is 4.98 Å². The normalized spacial score (nSPS) is 9.55. The Labute approximate surface area is 64.0 Å². The van der Waals surface area contributed by atoms with E-state index in [0.717, 1.165) is 0 Å². The van der Waals surface area contributed by atoms with E-state index in [1.165, 1.54) is 6.20 Å². The first-order valence-electron chi connectivity index (χ1n) is 3.23. The molecule has 0 aliphatic carbocycles. The minimum absolute atomic E-state index is 0.0386. The summed E-state index contributed by atoms with van der Waals surface area (Å²) in [6.07, 6.45) is 1.47. The summed E-state index contributed by atoms with van der Waals surface area (Å²) < 4.78 is 16.4. The molecule has 0 spiro atoms. The second-order valence-corrected chi connectivity index (χ2v) is 1.97. The summed E-state index contributed by atoms with van der Waals surface area (Å²) >= 11 is 0. The van der Waals surface area contributed by atoms with E-state index in [0.29, 0.717) is 11.6 Å². The third-order valence-corrected chi connectivity index (χ3v) is 1.09. The summed E-state index contributed by atoms with van der Waals surface area (Å²) in [5.41, 5.74) is 5.93. The van der Waals surface area contributed by atoms with Crippen molar-refractivity contribution < 1.29 is 9.13 Å². The monoisotopic (exact) mass is 156 g/mol. The Morgan fingerprint density at radius 3 is 2.91 bits per heavy atom. The van der Waals surface area contributed by atoms with Gasteiger partial charge in [0.1, 0.15) is 13.3 Å². The van der Waals surface area contributed by atoms with Crippen LogP contribution in [0.1, 0.15) is 0 Å². The molecule has 1 aromatic rings. The molecule has 0 aliphatic heterocycles. The minimum Gasteiger partial charge on any atom is -0.475 e. The Balaban J connectivity index is 2.52. The molecule has 4 heteroatoms. The van der Waals surface area contributed by atoms with Gasteiger partial charge in [-0.3, -0.25) is 0 Å². The summed E-state index contributed by atoms with van der Waals surface area (Å²) in [7, 11) is 0. The summed E-state index contributed by atoms with van der Waals surface area (Å²) in [6, 6.07) is 3.26. The van der Waals surface area contributed by atoms with Gasteiger partial charge < -0.3 is 10.5 Å². The molecule has 60 valence electrons. The molecule has 0 aliphatic rings. The van der Waals surface area contributed by atoms with Crippen LogP contribution in [0.3, 0.4) is 0 Å². The molecule has 2 N–H and O–H groups in total. The average molecular weight is 156 g/mol. The summed E-state index contributed by atoms with van der Waals surface area (Å²) in [5, 5.41) is 0. The van der Waals surface area contributed by atoms with Crippen LogP contribution in [-0.4, -0.2) is 18.3 Å². The highest BCUT2D eigenvalue weighted by atomic mass is 19.1. The van der Waals surface area contributed by atoms with Crippen molar-refractivity contribution in [3.63, 3.8) is 0 Å². The van der Waals surface area contributed by atoms with Crippen molar-refractivity contribution in [1.29, 1.82) is 0 Å². The molecule has 0 aromatic carbocycles. The molecule has 0 atom stereocenters. The van der Waals surface area contributed by atoms with Crippen LogP contribution in [0, 0.1) is 0 Å². The third-order valence-electron chi connectivity index (χ3n) is 1.09. The highest BCUT2D eigenvalue weighted by Gasteiger charge is 1.92. The van der Waals surface area contributed by atoms with Crippen molar-refractivity contribution in [2.45, 2.75) is 0 Å². The molecule has 0 bridgehead atoms. The first-order chi connectivity index (χ1) is 5.33. The van der Waals surface area contributed by atoms with Crippen LogP contribution in [0.25, 0.3) is 0 Å². The number of hydrogen-bond donors (Lipinski definition) is 1. The summed E-state index contributed by atoms with van der Waals surface area (Å²) in [5.74, 6) is 0.400. The maximum atomic E-state index is 11.6. The zero-order chi connectivity index (χ0) is 8.10. The van der Waals surface area contributed by atoms with Crippen LogP contribution in [0.2, 0.25) is 0 Å². The lowest BCUT2D eigenvalue weighted by molar-refractivity contribution is 0.264. The molecule has 0 unspecified atom stereocenters. The number of nitrogen functional groups attached to an aromatic ring is 1. The molecule has 3 nitrogen and oxygen atoms in total. The first-order valence-corrected chi connectivity index (χ1v) is 3.23. The number of aromatic nitrogens is 1. The predicted molar refractivity (Wildman–Crippen MR) is 40.1 cm³/mol. The van der Waals surface area contributed by atoms with Crippen molar-refractivity contribution in [2.75, 3.05) is 19.0 Å². The SMILES string of the molecule is Nc1ccc(OCCF)nc1.